The molecule has 1 aliphatic carbocycles. The van der Waals surface area contributed by atoms with Gasteiger partial charge in [0, 0.05) is 19.8 Å². The van der Waals surface area contributed by atoms with E-state index in [1.54, 1.807) is 7.11 Å². The standard InChI is InChI=1S/C14H21NO/c1-16-10-4-9-15-14-8-7-12-5-2-3-6-13(12)11-14/h2-3,5-6,14-15H,4,7-11H2,1H3. The van der Waals surface area contributed by atoms with E-state index in [4.69, 9.17) is 4.74 Å². The van der Waals surface area contributed by atoms with Gasteiger partial charge in [0.2, 0.25) is 0 Å². The second kappa shape index (κ2) is 6.02. The molecule has 1 N–H and O–H groups in total. The van der Waals surface area contributed by atoms with Crippen molar-refractivity contribution < 1.29 is 4.74 Å². The first-order valence-corrected chi connectivity index (χ1v) is 6.19. The highest BCUT2D eigenvalue weighted by molar-refractivity contribution is 5.30. The average Bonchev–Trinajstić information content (AvgIpc) is 2.34. The predicted octanol–water partition coefficient (Wildman–Crippen LogP) is 2.17. The Balaban J connectivity index is 1.79. The van der Waals surface area contributed by atoms with E-state index < -0.39 is 0 Å². The van der Waals surface area contributed by atoms with E-state index >= 15 is 0 Å². The molecular weight excluding hydrogens is 198 g/mol. The molecule has 0 aromatic heterocycles. The van der Waals surface area contributed by atoms with Crippen LogP contribution >= 0.6 is 0 Å². The average molecular weight is 219 g/mol. The molecule has 0 heterocycles. The summed E-state index contributed by atoms with van der Waals surface area (Å²) in [5, 5.41) is 3.62. The maximum Gasteiger partial charge on any atom is 0.0474 e. The minimum absolute atomic E-state index is 0.659. The Labute approximate surface area is 98.0 Å². The van der Waals surface area contributed by atoms with E-state index in [0.29, 0.717) is 6.04 Å². The SMILES string of the molecule is COCCCNC1CCc2ccccc2C1. The number of ether oxygens (including phenoxy) is 1. The molecule has 1 aromatic rings. The van der Waals surface area contributed by atoms with Gasteiger partial charge < -0.3 is 10.1 Å². The first-order valence-electron chi connectivity index (χ1n) is 6.19. The van der Waals surface area contributed by atoms with E-state index in [2.05, 4.69) is 29.6 Å². The molecule has 0 aliphatic heterocycles. The number of hydrogen-bond acceptors (Lipinski definition) is 2. The van der Waals surface area contributed by atoms with Crippen LogP contribution in [0.4, 0.5) is 0 Å². The zero-order valence-corrected chi connectivity index (χ0v) is 10.0. The summed E-state index contributed by atoms with van der Waals surface area (Å²) in [5.41, 5.74) is 3.07. The van der Waals surface area contributed by atoms with E-state index in [1.807, 2.05) is 0 Å². The third-order valence-corrected chi connectivity index (χ3v) is 3.31. The molecule has 0 bridgehead atoms. The Morgan fingerprint density at radius 1 is 1.31 bits per heavy atom. The van der Waals surface area contributed by atoms with Crippen LogP contribution in [-0.4, -0.2) is 26.3 Å². The minimum Gasteiger partial charge on any atom is -0.385 e. The summed E-state index contributed by atoms with van der Waals surface area (Å²) in [4.78, 5) is 0. The zero-order chi connectivity index (χ0) is 11.2. The molecule has 1 unspecified atom stereocenters. The van der Waals surface area contributed by atoms with Crippen molar-refractivity contribution in [2.24, 2.45) is 0 Å². The minimum atomic E-state index is 0.659. The summed E-state index contributed by atoms with van der Waals surface area (Å²) in [6, 6.07) is 9.47. The fourth-order valence-electron chi connectivity index (χ4n) is 2.39. The monoisotopic (exact) mass is 219 g/mol. The number of methoxy groups -OCH3 is 1. The Hall–Kier alpha value is -0.860. The van der Waals surface area contributed by atoms with Gasteiger partial charge in [-0.15, -0.1) is 0 Å². The van der Waals surface area contributed by atoms with Gasteiger partial charge in [0.1, 0.15) is 0 Å². The molecule has 88 valence electrons. The van der Waals surface area contributed by atoms with Crippen molar-refractivity contribution in [2.75, 3.05) is 20.3 Å². The summed E-state index contributed by atoms with van der Waals surface area (Å²) in [5.74, 6) is 0. The number of rotatable bonds is 5. The van der Waals surface area contributed by atoms with Gasteiger partial charge in [0.25, 0.3) is 0 Å². The first kappa shape index (κ1) is 11.6. The molecule has 0 saturated heterocycles. The second-order valence-electron chi connectivity index (χ2n) is 4.51. The predicted molar refractivity (Wildman–Crippen MR) is 66.8 cm³/mol. The van der Waals surface area contributed by atoms with Crippen LogP contribution in [0.15, 0.2) is 24.3 Å². The number of fused-ring (bicyclic) bond motifs is 1. The molecule has 2 heteroatoms. The van der Waals surface area contributed by atoms with E-state index in [-0.39, 0.29) is 0 Å². The van der Waals surface area contributed by atoms with Gasteiger partial charge in [0.05, 0.1) is 0 Å². The lowest BCUT2D eigenvalue weighted by atomic mass is 9.88. The molecule has 0 saturated carbocycles. The van der Waals surface area contributed by atoms with Crippen molar-refractivity contribution in [3.8, 4) is 0 Å². The van der Waals surface area contributed by atoms with Gasteiger partial charge in [-0.05, 0) is 43.4 Å². The highest BCUT2D eigenvalue weighted by Gasteiger charge is 2.16. The van der Waals surface area contributed by atoms with Crippen LogP contribution in [0.25, 0.3) is 0 Å². The highest BCUT2D eigenvalue weighted by Crippen LogP contribution is 2.20. The fraction of sp³-hybridized carbons (Fsp3) is 0.571. The summed E-state index contributed by atoms with van der Waals surface area (Å²) in [6.07, 6.45) is 4.78. The van der Waals surface area contributed by atoms with Gasteiger partial charge in [0.15, 0.2) is 0 Å². The van der Waals surface area contributed by atoms with Crippen LogP contribution in [0.1, 0.15) is 24.0 Å². The Morgan fingerprint density at radius 3 is 2.94 bits per heavy atom. The summed E-state index contributed by atoms with van der Waals surface area (Å²) < 4.78 is 5.05. The largest absolute Gasteiger partial charge is 0.385 e. The van der Waals surface area contributed by atoms with Gasteiger partial charge in [-0.25, -0.2) is 0 Å². The Kier molecular flexibility index (Phi) is 4.37. The van der Waals surface area contributed by atoms with Crippen molar-refractivity contribution in [3.63, 3.8) is 0 Å². The lowest BCUT2D eigenvalue weighted by molar-refractivity contribution is 0.192. The third-order valence-electron chi connectivity index (χ3n) is 3.31. The van der Waals surface area contributed by atoms with Crippen molar-refractivity contribution >= 4 is 0 Å². The lowest BCUT2D eigenvalue weighted by Crippen LogP contribution is -2.35. The van der Waals surface area contributed by atoms with Crippen molar-refractivity contribution in [2.45, 2.75) is 31.7 Å². The number of hydrogen-bond donors (Lipinski definition) is 1. The number of nitrogens with one attached hydrogen (secondary N) is 1. The van der Waals surface area contributed by atoms with Crippen LogP contribution < -0.4 is 5.32 Å². The van der Waals surface area contributed by atoms with E-state index in [1.165, 1.54) is 30.4 Å². The van der Waals surface area contributed by atoms with Crippen molar-refractivity contribution in [3.05, 3.63) is 35.4 Å². The molecule has 1 atom stereocenters. The molecule has 0 fully saturated rings. The van der Waals surface area contributed by atoms with Crippen molar-refractivity contribution in [1.29, 1.82) is 0 Å². The van der Waals surface area contributed by atoms with Gasteiger partial charge in [-0.2, -0.15) is 0 Å². The Bertz CT molecular complexity index is 324. The lowest BCUT2D eigenvalue weighted by Gasteiger charge is -2.25. The summed E-state index contributed by atoms with van der Waals surface area (Å²) in [7, 11) is 1.76. The number of benzene rings is 1. The molecule has 2 rings (SSSR count). The molecular formula is C14H21NO. The Morgan fingerprint density at radius 2 is 2.12 bits per heavy atom. The van der Waals surface area contributed by atoms with Gasteiger partial charge in [-0.1, -0.05) is 24.3 Å². The van der Waals surface area contributed by atoms with Gasteiger partial charge in [-0.3, -0.25) is 0 Å². The molecule has 0 amide bonds. The van der Waals surface area contributed by atoms with Crippen LogP contribution in [0.3, 0.4) is 0 Å². The normalized spacial score (nSPS) is 19.4. The quantitative estimate of drug-likeness (QED) is 0.766. The van der Waals surface area contributed by atoms with Crippen LogP contribution in [-0.2, 0) is 17.6 Å². The zero-order valence-electron chi connectivity index (χ0n) is 10.0. The molecule has 1 aliphatic rings. The fourth-order valence-corrected chi connectivity index (χ4v) is 2.39. The summed E-state index contributed by atoms with van der Waals surface area (Å²) >= 11 is 0. The van der Waals surface area contributed by atoms with Crippen LogP contribution in [0.5, 0.6) is 0 Å². The van der Waals surface area contributed by atoms with Crippen LogP contribution in [0.2, 0.25) is 0 Å². The topological polar surface area (TPSA) is 21.3 Å². The smallest absolute Gasteiger partial charge is 0.0474 e. The molecule has 0 spiro atoms. The molecule has 1 aromatic carbocycles. The highest BCUT2D eigenvalue weighted by atomic mass is 16.5. The van der Waals surface area contributed by atoms with E-state index in [9.17, 15) is 0 Å². The molecule has 2 nitrogen and oxygen atoms in total. The molecule has 16 heavy (non-hydrogen) atoms. The summed E-state index contributed by atoms with van der Waals surface area (Å²) in [6.45, 7) is 1.93. The maximum absolute atomic E-state index is 5.05. The third kappa shape index (κ3) is 3.06. The van der Waals surface area contributed by atoms with Crippen molar-refractivity contribution in [1.82, 2.24) is 5.32 Å². The second-order valence-corrected chi connectivity index (χ2v) is 4.51. The molecule has 0 radical (unpaired) electrons. The van der Waals surface area contributed by atoms with Crippen LogP contribution in [0, 0.1) is 0 Å². The van der Waals surface area contributed by atoms with Gasteiger partial charge >= 0.3 is 0 Å². The maximum atomic E-state index is 5.05. The van der Waals surface area contributed by atoms with E-state index in [0.717, 1.165) is 19.6 Å². The first-order chi connectivity index (χ1) is 7.90. The number of aryl methyl sites for hydroxylation is 1.